The Morgan fingerprint density at radius 1 is 1.28 bits per heavy atom. The Bertz CT molecular complexity index is 418. The topological polar surface area (TPSA) is 70.8 Å². The molecule has 1 aromatic rings. The Balaban J connectivity index is 2.56. The predicted molar refractivity (Wildman–Crippen MR) is 68.9 cm³/mol. The maximum Gasteiger partial charge on any atom is 0.305 e. The van der Waals surface area contributed by atoms with Crippen LogP contribution in [0.25, 0.3) is 0 Å². The number of methoxy groups -OCH3 is 2. The molecule has 0 bridgehead atoms. The van der Waals surface area contributed by atoms with Crippen molar-refractivity contribution >= 4 is 11.7 Å². The highest BCUT2D eigenvalue weighted by Crippen LogP contribution is 2.31. The zero-order valence-electron chi connectivity index (χ0n) is 11.0. The molecule has 18 heavy (non-hydrogen) atoms. The van der Waals surface area contributed by atoms with Crippen molar-refractivity contribution in [2.75, 3.05) is 26.6 Å². The summed E-state index contributed by atoms with van der Waals surface area (Å²) >= 11 is 0. The van der Waals surface area contributed by atoms with Gasteiger partial charge in [-0.15, -0.1) is 0 Å². The van der Waals surface area contributed by atoms with Gasteiger partial charge < -0.3 is 19.9 Å². The number of anilines is 1. The van der Waals surface area contributed by atoms with Gasteiger partial charge in [0.25, 0.3) is 0 Å². The third-order valence-electron chi connectivity index (χ3n) is 2.56. The monoisotopic (exact) mass is 253 g/mol. The first-order valence-corrected chi connectivity index (χ1v) is 5.72. The number of benzene rings is 1. The molecule has 100 valence electrons. The van der Waals surface area contributed by atoms with Gasteiger partial charge in [-0.2, -0.15) is 0 Å². The molecule has 0 aromatic heterocycles. The quantitative estimate of drug-likeness (QED) is 0.476. The fraction of sp³-hybridized carbons (Fsp3) is 0.462. The lowest BCUT2D eigenvalue weighted by molar-refractivity contribution is -0.140. The van der Waals surface area contributed by atoms with Crippen LogP contribution in [0.3, 0.4) is 0 Å². The third kappa shape index (κ3) is 3.84. The lowest BCUT2D eigenvalue weighted by Crippen LogP contribution is -2.05. The average Bonchev–Trinajstić information content (AvgIpc) is 2.37. The molecule has 2 N–H and O–H groups in total. The van der Waals surface area contributed by atoms with Crippen molar-refractivity contribution in [2.24, 2.45) is 0 Å². The van der Waals surface area contributed by atoms with Crippen molar-refractivity contribution in [1.29, 1.82) is 0 Å². The average molecular weight is 253 g/mol. The van der Waals surface area contributed by atoms with Crippen molar-refractivity contribution < 1.29 is 19.0 Å². The molecule has 0 atom stereocenters. The molecule has 1 rings (SSSR count). The molecule has 0 aliphatic carbocycles. The molecule has 0 unspecified atom stereocenters. The van der Waals surface area contributed by atoms with E-state index in [2.05, 4.69) is 4.74 Å². The van der Waals surface area contributed by atoms with E-state index in [0.29, 0.717) is 36.6 Å². The first kappa shape index (κ1) is 14.2. The second-order valence-corrected chi connectivity index (χ2v) is 3.89. The minimum absolute atomic E-state index is 0.242. The molecular formula is C13H19NO4. The van der Waals surface area contributed by atoms with Gasteiger partial charge in [0.15, 0.2) is 11.5 Å². The fourth-order valence-corrected chi connectivity index (χ4v) is 1.45. The third-order valence-corrected chi connectivity index (χ3v) is 2.56. The highest BCUT2D eigenvalue weighted by molar-refractivity contribution is 5.69. The number of hydrogen-bond acceptors (Lipinski definition) is 5. The van der Waals surface area contributed by atoms with Gasteiger partial charge in [-0.25, -0.2) is 0 Å². The van der Waals surface area contributed by atoms with Crippen molar-refractivity contribution in [3.8, 4) is 11.5 Å². The molecule has 0 heterocycles. The Morgan fingerprint density at radius 2 is 2.00 bits per heavy atom. The van der Waals surface area contributed by atoms with Crippen LogP contribution in [0.1, 0.15) is 18.4 Å². The number of ether oxygens (including phenoxy) is 3. The summed E-state index contributed by atoms with van der Waals surface area (Å²) in [6.45, 7) is 2.31. The van der Waals surface area contributed by atoms with Gasteiger partial charge in [-0.3, -0.25) is 4.79 Å². The van der Waals surface area contributed by atoms with Gasteiger partial charge in [-0.05, 0) is 25.0 Å². The number of nitrogen functional groups attached to an aromatic ring is 1. The maximum atomic E-state index is 10.9. The number of carbonyl (C=O) groups is 1. The molecular weight excluding hydrogens is 234 g/mol. The van der Waals surface area contributed by atoms with E-state index in [1.54, 1.807) is 13.2 Å². The van der Waals surface area contributed by atoms with Gasteiger partial charge in [0.1, 0.15) is 0 Å². The molecule has 0 radical (unpaired) electrons. The number of hydrogen-bond donors (Lipinski definition) is 1. The van der Waals surface area contributed by atoms with Crippen LogP contribution in [0, 0.1) is 6.92 Å². The molecule has 5 nitrogen and oxygen atoms in total. The first-order valence-electron chi connectivity index (χ1n) is 5.72. The van der Waals surface area contributed by atoms with Gasteiger partial charge in [0, 0.05) is 18.2 Å². The second kappa shape index (κ2) is 6.74. The van der Waals surface area contributed by atoms with Gasteiger partial charge in [0.05, 0.1) is 20.8 Å². The Labute approximate surface area is 107 Å². The van der Waals surface area contributed by atoms with E-state index in [1.807, 2.05) is 13.0 Å². The summed E-state index contributed by atoms with van der Waals surface area (Å²) in [5.74, 6) is 0.985. The zero-order valence-corrected chi connectivity index (χ0v) is 11.0. The largest absolute Gasteiger partial charge is 0.493 e. The lowest BCUT2D eigenvalue weighted by atomic mass is 10.2. The van der Waals surface area contributed by atoms with Crippen molar-refractivity contribution in [3.05, 3.63) is 17.7 Å². The molecule has 0 aliphatic rings. The molecule has 0 aliphatic heterocycles. The molecule has 0 spiro atoms. The van der Waals surface area contributed by atoms with Crippen LogP contribution in [0.5, 0.6) is 11.5 Å². The lowest BCUT2D eigenvalue weighted by Gasteiger charge is -2.12. The number of esters is 1. The van der Waals surface area contributed by atoms with Crippen LogP contribution in [0.4, 0.5) is 5.69 Å². The minimum Gasteiger partial charge on any atom is -0.493 e. The van der Waals surface area contributed by atoms with Crippen molar-refractivity contribution in [2.45, 2.75) is 19.8 Å². The van der Waals surface area contributed by atoms with E-state index in [0.717, 1.165) is 5.56 Å². The fourth-order valence-electron chi connectivity index (χ4n) is 1.45. The van der Waals surface area contributed by atoms with E-state index in [4.69, 9.17) is 15.2 Å². The van der Waals surface area contributed by atoms with E-state index < -0.39 is 0 Å². The molecule has 0 saturated heterocycles. The summed E-state index contributed by atoms with van der Waals surface area (Å²) in [6.07, 6.45) is 0.920. The Hall–Kier alpha value is -1.91. The van der Waals surface area contributed by atoms with E-state index in [1.165, 1.54) is 7.11 Å². The van der Waals surface area contributed by atoms with Crippen molar-refractivity contribution in [1.82, 2.24) is 0 Å². The summed E-state index contributed by atoms with van der Waals surface area (Å²) in [5, 5.41) is 0. The Morgan fingerprint density at radius 3 is 2.61 bits per heavy atom. The second-order valence-electron chi connectivity index (χ2n) is 3.89. The standard InChI is InChI=1S/C13H19NO4/c1-9-7-11(16-2)12(8-10(9)14)18-6-4-5-13(15)17-3/h7-8H,4-6,14H2,1-3H3. The van der Waals surface area contributed by atoms with Crippen LogP contribution >= 0.6 is 0 Å². The summed E-state index contributed by atoms with van der Waals surface area (Å²) in [6, 6.07) is 3.55. The first-order chi connectivity index (χ1) is 8.58. The van der Waals surface area contributed by atoms with E-state index in [-0.39, 0.29) is 5.97 Å². The van der Waals surface area contributed by atoms with Crippen LogP contribution in [0.2, 0.25) is 0 Å². The van der Waals surface area contributed by atoms with Gasteiger partial charge in [-0.1, -0.05) is 0 Å². The summed E-state index contributed by atoms with van der Waals surface area (Å²) in [5.41, 5.74) is 7.40. The highest BCUT2D eigenvalue weighted by atomic mass is 16.5. The zero-order chi connectivity index (χ0) is 13.5. The van der Waals surface area contributed by atoms with Gasteiger partial charge >= 0.3 is 5.97 Å². The maximum absolute atomic E-state index is 10.9. The summed E-state index contributed by atoms with van der Waals surface area (Å²) < 4.78 is 15.3. The summed E-state index contributed by atoms with van der Waals surface area (Å²) in [4.78, 5) is 10.9. The van der Waals surface area contributed by atoms with Crippen LogP contribution in [-0.4, -0.2) is 26.8 Å². The van der Waals surface area contributed by atoms with Gasteiger partial charge in [0.2, 0.25) is 0 Å². The molecule has 0 amide bonds. The number of carbonyl (C=O) groups excluding carboxylic acids is 1. The normalized spacial score (nSPS) is 9.94. The van der Waals surface area contributed by atoms with Crippen molar-refractivity contribution in [3.63, 3.8) is 0 Å². The smallest absolute Gasteiger partial charge is 0.305 e. The Kier molecular flexibility index (Phi) is 5.30. The predicted octanol–water partition coefficient (Wildman–Crippen LogP) is 1.92. The number of nitrogens with two attached hydrogens (primary N) is 1. The molecule has 0 saturated carbocycles. The van der Waals surface area contributed by atoms with Crippen LogP contribution in [0.15, 0.2) is 12.1 Å². The summed E-state index contributed by atoms with van der Waals surface area (Å²) in [7, 11) is 2.94. The SMILES string of the molecule is COC(=O)CCCOc1cc(N)c(C)cc1OC. The van der Waals surface area contributed by atoms with E-state index in [9.17, 15) is 4.79 Å². The number of rotatable bonds is 6. The number of aryl methyl sites for hydroxylation is 1. The molecule has 0 fully saturated rings. The van der Waals surface area contributed by atoms with E-state index >= 15 is 0 Å². The minimum atomic E-state index is -0.242. The molecule has 1 aromatic carbocycles. The molecule has 5 heteroatoms. The van der Waals surface area contributed by atoms with Crippen LogP contribution in [-0.2, 0) is 9.53 Å². The van der Waals surface area contributed by atoms with Crippen LogP contribution < -0.4 is 15.2 Å². The highest BCUT2D eigenvalue weighted by Gasteiger charge is 2.08.